The third-order valence-electron chi connectivity index (χ3n) is 3.03. The molecule has 2 N–H and O–H groups in total. The first-order valence-electron chi connectivity index (χ1n) is 7.34. The molecule has 0 spiro atoms. The zero-order valence-electron chi connectivity index (χ0n) is 13.9. The van der Waals surface area contributed by atoms with E-state index >= 15 is 0 Å². The Morgan fingerprint density at radius 1 is 1.28 bits per heavy atom. The maximum atomic E-state index is 11.7. The lowest BCUT2D eigenvalue weighted by atomic mass is 10.2. The molecule has 0 aliphatic heterocycles. The Hall–Kier alpha value is -2.59. The number of ether oxygens (including phenoxy) is 2. The molecule has 0 unspecified atom stereocenters. The average Bonchev–Trinajstić information content (AvgIpc) is 2.55. The number of rotatable bonds is 8. The number of nitro benzene ring substituents is 1. The molecule has 1 amide bonds. The molecule has 9 nitrogen and oxygen atoms in total. The second-order valence-electron chi connectivity index (χ2n) is 4.97. The summed E-state index contributed by atoms with van der Waals surface area (Å²) in [5.41, 5.74) is 1.10. The van der Waals surface area contributed by atoms with Gasteiger partial charge in [-0.25, -0.2) is 0 Å². The number of nitrogens with zero attached hydrogens (tertiary/aromatic N) is 1. The lowest BCUT2D eigenvalue weighted by Crippen LogP contribution is -2.34. The number of non-ortho nitro benzene ring substituents is 1. The van der Waals surface area contributed by atoms with Crippen LogP contribution in [-0.2, 0) is 19.1 Å². The summed E-state index contributed by atoms with van der Waals surface area (Å²) in [5, 5.41) is 15.9. The van der Waals surface area contributed by atoms with Gasteiger partial charge in [0.25, 0.3) is 5.69 Å². The van der Waals surface area contributed by atoms with Crippen LogP contribution in [-0.4, -0.2) is 42.2 Å². The number of esters is 1. The number of hydrogen-bond donors (Lipinski definition) is 2. The highest BCUT2D eigenvalue weighted by molar-refractivity contribution is 7.80. The van der Waals surface area contributed by atoms with Crippen molar-refractivity contribution < 1.29 is 24.0 Å². The van der Waals surface area contributed by atoms with E-state index in [1.807, 2.05) is 0 Å². The standard InChI is InChI=1S/C15H19N3O6S/c1-10-9-11(18(21)22)3-4-12(10)16-15(25)17-13(19)5-6-14(20)24-8-7-23-2/h3-4,9H,5-8H2,1-2H3,(H2,16,17,19,25). The Bertz CT molecular complexity index is 665. The molecule has 0 saturated heterocycles. The quantitative estimate of drug-likeness (QED) is 0.233. The fraction of sp³-hybridized carbons (Fsp3) is 0.400. The Balaban J connectivity index is 2.42. The van der Waals surface area contributed by atoms with Crippen LogP contribution in [0.5, 0.6) is 0 Å². The van der Waals surface area contributed by atoms with E-state index in [-0.39, 0.29) is 30.2 Å². The first kappa shape index (κ1) is 20.5. The molecule has 0 aliphatic rings. The first-order chi connectivity index (χ1) is 11.8. The fourth-order valence-electron chi connectivity index (χ4n) is 1.77. The number of nitrogens with one attached hydrogen (secondary N) is 2. The SMILES string of the molecule is COCCOC(=O)CCC(=O)NC(=S)Nc1ccc([N+](=O)[O-])cc1C. The van der Waals surface area contributed by atoms with Crippen LogP contribution in [0.2, 0.25) is 0 Å². The fourth-order valence-corrected chi connectivity index (χ4v) is 1.99. The zero-order chi connectivity index (χ0) is 18.8. The number of amides is 1. The monoisotopic (exact) mass is 369 g/mol. The molecule has 0 aromatic heterocycles. The van der Waals surface area contributed by atoms with Crippen LogP contribution in [0.4, 0.5) is 11.4 Å². The number of thiocarbonyl (C=S) groups is 1. The van der Waals surface area contributed by atoms with Crippen molar-refractivity contribution in [1.29, 1.82) is 0 Å². The van der Waals surface area contributed by atoms with Crippen molar-refractivity contribution in [2.75, 3.05) is 25.6 Å². The topological polar surface area (TPSA) is 120 Å². The third-order valence-corrected chi connectivity index (χ3v) is 3.23. The number of carbonyl (C=O) groups is 2. The van der Waals surface area contributed by atoms with Gasteiger partial charge in [-0.05, 0) is 30.8 Å². The molecule has 1 aromatic carbocycles. The lowest BCUT2D eigenvalue weighted by Gasteiger charge is -2.11. The molecule has 25 heavy (non-hydrogen) atoms. The summed E-state index contributed by atoms with van der Waals surface area (Å²) in [7, 11) is 1.49. The maximum absolute atomic E-state index is 11.7. The number of methoxy groups -OCH3 is 1. The van der Waals surface area contributed by atoms with E-state index in [1.165, 1.54) is 25.3 Å². The highest BCUT2D eigenvalue weighted by Crippen LogP contribution is 2.20. The van der Waals surface area contributed by atoms with Gasteiger partial charge >= 0.3 is 5.97 Å². The smallest absolute Gasteiger partial charge is 0.306 e. The van der Waals surface area contributed by atoms with Crippen LogP contribution in [0.3, 0.4) is 0 Å². The van der Waals surface area contributed by atoms with Crippen LogP contribution < -0.4 is 10.6 Å². The summed E-state index contributed by atoms with van der Waals surface area (Å²) in [6, 6.07) is 4.22. The molecule has 0 heterocycles. The van der Waals surface area contributed by atoms with Crippen molar-refractivity contribution in [2.24, 2.45) is 0 Å². The molecule has 0 atom stereocenters. The highest BCUT2D eigenvalue weighted by atomic mass is 32.1. The summed E-state index contributed by atoms with van der Waals surface area (Å²) in [6.07, 6.45) is -0.151. The second-order valence-corrected chi connectivity index (χ2v) is 5.38. The van der Waals surface area contributed by atoms with Crippen LogP contribution >= 0.6 is 12.2 Å². The van der Waals surface area contributed by atoms with Gasteiger partial charge < -0.3 is 20.1 Å². The normalized spacial score (nSPS) is 10.0. The van der Waals surface area contributed by atoms with Crippen LogP contribution in [0.15, 0.2) is 18.2 Å². The van der Waals surface area contributed by atoms with Gasteiger partial charge in [0, 0.05) is 31.4 Å². The summed E-state index contributed by atoms with van der Waals surface area (Å²) < 4.78 is 9.57. The Morgan fingerprint density at radius 3 is 2.60 bits per heavy atom. The van der Waals surface area contributed by atoms with Gasteiger partial charge in [0.1, 0.15) is 6.61 Å². The number of nitro groups is 1. The van der Waals surface area contributed by atoms with Gasteiger partial charge in [0.05, 0.1) is 18.0 Å². The molecular weight excluding hydrogens is 350 g/mol. The molecule has 10 heteroatoms. The van der Waals surface area contributed by atoms with Crippen molar-refractivity contribution in [2.45, 2.75) is 19.8 Å². The Labute approximate surface area is 149 Å². The van der Waals surface area contributed by atoms with Crippen LogP contribution in [0.1, 0.15) is 18.4 Å². The van der Waals surface area contributed by atoms with E-state index in [0.29, 0.717) is 17.9 Å². The van der Waals surface area contributed by atoms with E-state index in [0.717, 1.165) is 0 Å². The molecule has 0 fully saturated rings. The minimum absolute atomic E-state index is 0.0368. The number of hydrogen-bond acceptors (Lipinski definition) is 7. The van der Waals surface area contributed by atoms with Gasteiger partial charge in [0.15, 0.2) is 5.11 Å². The predicted molar refractivity (Wildman–Crippen MR) is 94.3 cm³/mol. The number of benzene rings is 1. The van der Waals surface area contributed by atoms with Gasteiger partial charge in [-0.15, -0.1) is 0 Å². The molecule has 0 saturated carbocycles. The Morgan fingerprint density at radius 2 is 2.00 bits per heavy atom. The summed E-state index contributed by atoms with van der Waals surface area (Å²) >= 11 is 5.01. The van der Waals surface area contributed by atoms with Gasteiger partial charge in [0.2, 0.25) is 5.91 Å². The number of anilines is 1. The number of aryl methyl sites for hydroxylation is 1. The minimum atomic E-state index is -0.503. The molecule has 0 bridgehead atoms. The average molecular weight is 369 g/mol. The van der Waals surface area contributed by atoms with Gasteiger partial charge in [-0.3, -0.25) is 19.7 Å². The molecule has 1 aromatic rings. The first-order valence-corrected chi connectivity index (χ1v) is 7.74. The van der Waals surface area contributed by atoms with Crippen molar-refractivity contribution >= 4 is 40.6 Å². The van der Waals surface area contributed by atoms with E-state index < -0.39 is 16.8 Å². The van der Waals surface area contributed by atoms with E-state index in [9.17, 15) is 19.7 Å². The second kappa shape index (κ2) is 10.3. The lowest BCUT2D eigenvalue weighted by molar-refractivity contribution is -0.384. The van der Waals surface area contributed by atoms with Crippen molar-refractivity contribution in [3.8, 4) is 0 Å². The predicted octanol–water partition coefficient (Wildman–Crippen LogP) is 1.69. The Kier molecular flexibility index (Phi) is 8.44. The maximum Gasteiger partial charge on any atom is 0.306 e. The van der Waals surface area contributed by atoms with E-state index in [1.54, 1.807) is 6.92 Å². The minimum Gasteiger partial charge on any atom is -0.463 e. The van der Waals surface area contributed by atoms with E-state index in [2.05, 4.69) is 10.6 Å². The number of carbonyl (C=O) groups excluding carboxylic acids is 2. The van der Waals surface area contributed by atoms with Gasteiger partial charge in [-0.1, -0.05) is 0 Å². The third kappa shape index (κ3) is 7.68. The molecule has 0 aliphatic carbocycles. The molecular formula is C15H19N3O6S. The van der Waals surface area contributed by atoms with Crippen LogP contribution in [0, 0.1) is 17.0 Å². The van der Waals surface area contributed by atoms with Crippen molar-refractivity contribution in [1.82, 2.24) is 5.32 Å². The molecule has 136 valence electrons. The highest BCUT2D eigenvalue weighted by Gasteiger charge is 2.12. The van der Waals surface area contributed by atoms with Crippen molar-refractivity contribution in [3.63, 3.8) is 0 Å². The van der Waals surface area contributed by atoms with Crippen molar-refractivity contribution in [3.05, 3.63) is 33.9 Å². The van der Waals surface area contributed by atoms with E-state index in [4.69, 9.17) is 21.7 Å². The van der Waals surface area contributed by atoms with Crippen LogP contribution in [0.25, 0.3) is 0 Å². The molecule has 0 radical (unpaired) electrons. The largest absolute Gasteiger partial charge is 0.463 e. The molecule has 1 rings (SSSR count). The van der Waals surface area contributed by atoms with Gasteiger partial charge in [-0.2, -0.15) is 0 Å². The summed E-state index contributed by atoms with van der Waals surface area (Å²) in [4.78, 5) is 33.3. The summed E-state index contributed by atoms with van der Waals surface area (Å²) in [5.74, 6) is -0.946. The summed E-state index contributed by atoms with van der Waals surface area (Å²) in [6.45, 7) is 2.10. The zero-order valence-corrected chi connectivity index (χ0v) is 14.7.